The van der Waals surface area contributed by atoms with Crippen LogP contribution in [0.15, 0.2) is 60.7 Å². The minimum atomic E-state index is -0.826. The van der Waals surface area contributed by atoms with Crippen molar-refractivity contribution in [3.05, 3.63) is 77.4 Å². The molecule has 166 valence electrons. The highest BCUT2D eigenvalue weighted by Crippen LogP contribution is 2.52. The summed E-state index contributed by atoms with van der Waals surface area (Å²) in [5.74, 6) is 0.656. The van der Waals surface area contributed by atoms with Gasteiger partial charge in [-0.25, -0.2) is 0 Å². The predicted octanol–water partition coefficient (Wildman–Crippen LogP) is 7.18. The Labute approximate surface area is 193 Å². The molecule has 0 bridgehead atoms. The van der Waals surface area contributed by atoms with E-state index in [1.54, 1.807) is 0 Å². The van der Waals surface area contributed by atoms with Crippen LogP contribution in [-0.4, -0.2) is 40.6 Å². The van der Waals surface area contributed by atoms with Gasteiger partial charge in [-0.1, -0.05) is 49.4 Å². The lowest BCUT2D eigenvalue weighted by Crippen LogP contribution is -2.12. The fraction of sp³-hybridized carbons (Fsp3) is 0.357. The Kier molecular flexibility index (Phi) is 6.49. The maximum absolute atomic E-state index is 4.84. The van der Waals surface area contributed by atoms with E-state index in [9.17, 15) is 0 Å². The average molecular weight is 445 g/mol. The molecule has 32 heavy (non-hydrogen) atoms. The lowest BCUT2D eigenvalue weighted by atomic mass is 9.93. The monoisotopic (exact) mass is 444 g/mol. The van der Waals surface area contributed by atoms with E-state index in [1.807, 2.05) is 4.80 Å². The first-order valence-electron chi connectivity index (χ1n) is 11.6. The SMILES string of the molecule is CC[P+](C)(C)CC(C)Cc1cc(-c2ccccc2)cc(-n2nc3ccc(C)cc3n2)c1C. The summed E-state index contributed by atoms with van der Waals surface area (Å²) in [7, 11) is -0.826. The van der Waals surface area contributed by atoms with Gasteiger partial charge in [0, 0.05) is 20.6 Å². The summed E-state index contributed by atoms with van der Waals surface area (Å²) in [4.78, 5) is 1.84. The lowest BCUT2D eigenvalue weighted by molar-refractivity contribution is 0.647. The van der Waals surface area contributed by atoms with Crippen molar-refractivity contribution in [3.8, 4) is 16.8 Å². The van der Waals surface area contributed by atoms with Gasteiger partial charge in [0.25, 0.3) is 0 Å². The van der Waals surface area contributed by atoms with E-state index in [0.717, 1.165) is 23.1 Å². The third kappa shape index (κ3) is 4.94. The van der Waals surface area contributed by atoms with Crippen molar-refractivity contribution < 1.29 is 0 Å². The second-order valence-corrected chi connectivity index (χ2v) is 14.7. The van der Waals surface area contributed by atoms with E-state index >= 15 is 0 Å². The fourth-order valence-electron chi connectivity index (χ4n) is 4.52. The second-order valence-electron chi connectivity index (χ2n) is 9.87. The Morgan fingerprint density at radius 3 is 2.31 bits per heavy atom. The highest BCUT2D eigenvalue weighted by Gasteiger charge is 2.26. The summed E-state index contributed by atoms with van der Waals surface area (Å²) in [6, 6.07) is 21.5. The molecule has 1 atom stereocenters. The summed E-state index contributed by atoms with van der Waals surface area (Å²) >= 11 is 0. The predicted molar refractivity (Wildman–Crippen MR) is 141 cm³/mol. The number of fused-ring (bicyclic) bond motifs is 1. The van der Waals surface area contributed by atoms with E-state index < -0.39 is 7.26 Å². The van der Waals surface area contributed by atoms with Crippen LogP contribution in [0.4, 0.5) is 0 Å². The Bertz CT molecular complexity index is 1220. The normalized spacial score (nSPS) is 12.9. The van der Waals surface area contributed by atoms with Crippen LogP contribution in [0.3, 0.4) is 0 Å². The molecule has 3 nitrogen and oxygen atoms in total. The van der Waals surface area contributed by atoms with Gasteiger partial charge in [0.1, 0.15) is 11.0 Å². The van der Waals surface area contributed by atoms with Crippen molar-refractivity contribution in [2.45, 2.75) is 34.1 Å². The Hall–Kier alpha value is -2.51. The molecule has 4 aromatic rings. The molecule has 0 saturated heterocycles. The summed E-state index contributed by atoms with van der Waals surface area (Å²) in [5.41, 5.74) is 9.31. The summed E-state index contributed by atoms with van der Waals surface area (Å²) < 4.78 is 0. The zero-order valence-electron chi connectivity index (χ0n) is 20.3. The van der Waals surface area contributed by atoms with Gasteiger partial charge < -0.3 is 0 Å². The van der Waals surface area contributed by atoms with Gasteiger partial charge in [-0.05, 0) is 79.1 Å². The van der Waals surface area contributed by atoms with Crippen molar-refractivity contribution in [2.24, 2.45) is 5.92 Å². The number of nitrogens with zero attached hydrogens (tertiary/aromatic N) is 3. The minimum absolute atomic E-state index is 0.656. The highest BCUT2D eigenvalue weighted by atomic mass is 31.2. The Morgan fingerprint density at radius 2 is 1.59 bits per heavy atom. The molecular weight excluding hydrogens is 409 g/mol. The highest BCUT2D eigenvalue weighted by molar-refractivity contribution is 7.74. The number of aromatic nitrogens is 3. The van der Waals surface area contributed by atoms with Gasteiger partial charge in [-0.15, -0.1) is 10.2 Å². The van der Waals surface area contributed by atoms with Crippen molar-refractivity contribution in [1.29, 1.82) is 0 Å². The van der Waals surface area contributed by atoms with Crippen LogP contribution >= 0.6 is 7.26 Å². The number of hydrogen-bond acceptors (Lipinski definition) is 2. The minimum Gasteiger partial charge on any atom is -0.150 e. The van der Waals surface area contributed by atoms with Crippen LogP contribution in [0.1, 0.15) is 30.5 Å². The van der Waals surface area contributed by atoms with E-state index in [1.165, 1.54) is 40.1 Å². The molecule has 1 unspecified atom stereocenters. The molecule has 1 aromatic heterocycles. The molecule has 1 heterocycles. The smallest absolute Gasteiger partial charge is 0.113 e. The third-order valence-electron chi connectivity index (χ3n) is 6.58. The molecule has 0 N–H and O–H groups in total. The van der Waals surface area contributed by atoms with Crippen LogP contribution in [0, 0.1) is 19.8 Å². The molecule has 4 rings (SSSR count). The Morgan fingerprint density at radius 1 is 0.875 bits per heavy atom. The second kappa shape index (κ2) is 9.16. The zero-order valence-corrected chi connectivity index (χ0v) is 21.2. The van der Waals surface area contributed by atoms with Crippen LogP contribution in [0.25, 0.3) is 27.8 Å². The van der Waals surface area contributed by atoms with Gasteiger partial charge in [0.05, 0.1) is 18.0 Å². The van der Waals surface area contributed by atoms with Crippen LogP contribution in [-0.2, 0) is 6.42 Å². The van der Waals surface area contributed by atoms with Crippen molar-refractivity contribution in [2.75, 3.05) is 25.7 Å². The van der Waals surface area contributed by atoms with Gasteiger partial charge >= 0.3 is 0 Å². The van der Waals surface area contributed by atoms with Crippen LogP contribution in [0.2, 0.25) is 0 Å². The third-order valence-corrected chi connectivity index (χ3v) is 9.90. The number of benzene rings is 3. The summed E-state index contributed by atoms with van der Waals surface area (Å²) in [5, 5.41) is 9.67. The lowest BCUT2D eigenvalue weighted by Gasteiger charge is -2.22. The largest absolute Gasteiger partial charge is 0.150 e. The molecule has 0 aliphatic rings. The molecule has 0 spiro atoms. The first kappa shape index (κ1) is 22.7. The molecule has 3 aromatic carbocycles. The maximum Gasteiger partial charge on any atom is 0.113 e. The van der Waals surface area contributed by atoms with Crippen molar-refractivity contribution in [1.82, 2.24) is 15.0 Å². The summed E-state index contributed by atoms with van der Waals surface area (Å²) in [6.45, 7) is 14.1. The molecule has 0 fully saturated rings. The fourth-order valence-corrected chi connectivity index (χ4v) is 6.59. The van der Waals surface area contributed by atoms with E-state index in [0.29, 0.717) is 5.92 Å². The van der Waals surface area contributed by atoms with Gasteiger partial charge in [0.2, 0.25) is 0 Å². The first-order valence-corrected chi connectivity index (χ1v) is 14.7. The molecule has 0 radical (unpaired) electrons. The van der Waals surface area contributed by atoms with E-state index in [2.05, 4.69) is 102 Å². The molecule has 0 aliphatic carbocycles. The van der Waals surface area contributed by atoms with Gasteiger partial charge in [0.15, 0.2) is 0 Å². The molecule has 0 aliphatic heterocycles. The number of hydrogen-bond donors (Lipinski definition) is 0. The van der Waals surface area contributed by atoms with Crippen molar-refractivity contribution >= 4 is 18.3 Å². The number of aryl methyl sites for hydroxylation is 1. The molecule has 4 heteroatoms. The summed E-state index contributed by atoms with van der Waals surface area (Å²) in [6.07, 6.45) is 3.73. The molecular formula is C28H35N3P+. The van der Waals surface area contributed by atoms with E-state index in [4.69, 9.17) is 10.2 Å². The quantitative estimate of drug-likeness (QED) is 0.283. The van der Waals surface area contributed by atoms with Crippen LogP contribution < -0.4 is 0 Å². The zero-order chi connectivity index (χ0) is 22.9. The molecule has 0 amide bonds. The van der Waals surface area contributed by atoms with Crippen molar-refractivity contribution in [3.63, 3.8) is 0 Å². The number of rotatable bonds is 7. The Balaban J connectivity index is 1.80. The average Bonchev–Trinajstić information content (AvgIpc) is 3.18. The topological polar surface area (TPSA) is 30.7 Å². The van der Waals surface area contributed by atoms with Crippen LogP contribution in [0.5, 0.6) is 0 Å². The standard InChI is InChI=1S/C28H35N3P/c1-7-32(5,6)19-21(3)15-24-17-25(23-11-9-8-10-12-23)18-28(22(24)4)31-29-26-14-13-20(2)16-27(26)30-31/h8-14,16-18,21H,7,15,19H2,1-6H3/q+1. The van der Waals surface area contributed by atoms with Gasteiger partial charge in [-0.2, -0.15) is 4.80 Å². The van der Waals surface area contributed by atoms with E-state index in [-0.39, 0.29) is 0 Å². The maximum atomic E-state index is 4.84. The van der Waals surface area contributed by atoms with Gasteiger partial charge in [-0.3, -0.25) is 0 Å². The first-order chi connectivity index (χ1) is 15.3. The molecule has 0 saturated carbocycles.